The number of unbranched alkanes of at least 4 members (excludes halogenated alkanes) is 14. The SMILES string of the molecule is CCCCCCCCCCCCCCCCCOCC(C)(COP(=O)(O)OC[C@@]1(C#N)O[C@@H](c2ccc3c(N)ncnn23)[C@H](O)[C@@H]1O)OCc1cc(F)cc(C#N)c1. The lowest BCUT2D eigenvalue weighted by Crippen LogP contribution is -2.45. The van der Waals surface area contributed by atoms with E-state index in [0.717, 1.165) is 31.7 Å². The summed E-state index contributed by atoms with van der Waals surface area (Å²) in [5, 5.41) is 45.3. The number of phosphoric ester groups is 1. The van der Waals surface area contributed by atoms with Crippen LogP contribution in [0.5, 0.6) is 0 Å². The van der Waals surface area contributed by atoms with Crippen LogP contribution in [0.4, 0.5) is 10.2 Å². The summed E-state index contributed by atoms with van der Waals surface area (Å²) in [7, 11) is -4.97. The summed E-state index contributed by atoms with van der Waals surface area (Å²) in [5.74, 6) is -0.470. The molecule has 1 aliphatic rings. The molecule has 4 rings (SSSR count). The Morgan fingerprint density at radius 2 is 1.60 bits per heavy atom. The van der Waals surface area contributed by atoms with Gasteiger partial charge in [-0.2, -0.15) is 15.6 Å². The Morgan fingerprint density at radius 1 is 0.966 bits per heavy atom. The molecule has 3 heterocycles. The molecular weight excluding hydrogens is 770 g/mol. The van der Waals surface area contributed by atoms with E-state index in [2.05, 4.69) is 17.0 Å². The van der Waals surface area contributed by atoms with E-state index >= 15 is 0 Å². The van der Waals surface area contributed by atoms with Gasteiger partial charge in [0.05, 0.1) is 37.1 Å². The monoisotopic (exact) mass is 830 g/mol. The van der Waals surface area contributed by atoms with Gasteiger partial charge in [-0.3, -0.25) is 9.05 Å². The summed E-state index contributed by atoms with van der Waals surface area (Å²) in [6, 6.07) is 10.6. The number of rotatable bonds is 28. The molecule has 2 unspecified atom stereocenters. The van der Waals surface area contributed by atoms with Crippen LogP contribution in [-0.2, 0) is 34.4 Å². The minimum atomic E-state index is -4.97. The third-order valence-corrected chi connectivity index (χ3v) is 11.3. The molecule has 0 aliphatic carbocycles. The van der Waals surface area contributed by atoms with Gasteiger partial charge in [0.25, 0.3) is 0 Å². The number of aliphatic hydroxyl groups excluding tert-OH is 2. The Morgan fingerprint density at radius 3 is 2.22 bits per heavy atom. The Labute approximate surface area is 340 Å². The first kappa shape index (κ1) is 47.1. The first-order chi connectivity index (χ1) is 27.9. The van der Waals surface area contributed by atoms with Crippen LogP contribution in [0, 0.1) is 28.5 Å². The summed E-state index contributed by atoms with van der Waals surface area (Å²) < 4.78 is 57.0. The van der Waals surface area contributed by atoms with E-state index in [9.17, 15) is 34.6 Å². The molecule has 1 fully saturated rings. The number of hydrogen-bond acceptors (Lipinski definition) is 13. The molecule has 1 saturated heterocycles. The van der Waals surface area contributed by atoms with Crippen molar-refractivity contribution in [3.05, 3.63) is 59.3 Å². The lowest BCUT2D eigenvalue weighted by atomic mass is 9.96. The van der Waals surface area contributed by atoms with Crippen LogP contribution in [0.3, 0.4) is 0 Å². The van der Waals surface area contributed by atoms with Crippen molar-refractivity contribution in [2.75, 3.05) is 32.2 Å². The third-order valence-electron chi connectivity index (χ3n) is 10.4. The number of fused-ring (bicyclic) bond motifs is 1. The van der Waals surface area contributed by atoms with E-state index in [1.54, 1.807) is 19.1 Å². The minimum Gasteiger partial charge on any atom is -0.387 e. The summed E-state index contributed by atoms with van der Waals surface area (Å²) in [6.07, 6.45) is 14.9. The highest BCUT2D eigenvalue weighted by atomic mass is 31.2. The average molecular weight is 831 g/mol. The fraction of sp³-hybridized carbons (Fsp3) is 0.659. The number of anilines is 1. The van der Waals surface area contributed by atoms with Crippen LogP contribution >= 0.6 is 7.82 Å². The number of benzene rings is 1. The molecule has 2 aromatic heterocycles. The topological polar surface area (TPSA) is 228 Å². The van der Waals surface area contributed by atoms with Gasteiger partial charge in [0, 0.05) is 6.61 Å². The maximum atomic E-state index is 14.2. The second kappa shape index (κ2) is 23.3. The number of nitriles is 2. The molecule has 0 saturated carbocycles. The molecule has 0 radical (unpaired) electrons. The van der Waals surface area contributed by atoms with Crippen molar-refractivity contribution in [1.82, 2.24) is 14.6 Å². The van der Waals surface area contributed by atoms with Gasteiger partial charge in [-0.25, -0.2) is 18.5 Å². The number of hydrogen-bond donors (Lipinski definition) is 4. The number of nitrogens with two attached hydrogens (primary N) is 1. The average Bonchev–Trinajstić information content (AvgIpc) is 3.75. The van der Waals surface area contributed by atoms with E-state index in [1.807, 2.05) is 6.07 Å². The summed E-state index contributed by atoms with van der Waals surface area (Å²) in [6.45, 7) is 2.50. The number of ether oxygens (including phenoxy) is 3. The molecule has 1 aliphatic heterocycles. The highest BCUT2D eigenvalue weighted by Gasteiger charge is 2.57. The molecule has 320 valence electrons. The molecule has 0 spiro atoms. The van der Waals surface area contributed by atoms with Gasteiger partial charge >= 0.3 is 7.82 Å². The van der Waals surface area contributed by atoms with Gasteiger partial charge in [-0.1, -0.05) is 96.8 Å². The van der Waals surface area contributed by atoms with Crippen LogP contribution in [-0.4, -0.2) is 79.5 Å². The molecule has 3 aromatic rings. The molecule has 17 heteroatoms. The van der Waals surface area contributed by atoms with E-state index < -0.39 is 56.4 Å². The predicted molar refractivity (Wildman–Crippen MR) is 213 cm³/mol. The lowest BCUT2D eigenvalue weighted by molar-refractivity contribution is -0.121. The highest BCUT2D eigenvalue weighted by Crippen LogP contribution is 2.48. The number of phosphoric acid groups is 1. The minimum absolute atomic E-state index is 0.0663. The second-order valence-electron chi connectivity index (χ2n) is 15.4. The van der Waals surface area contributed by atoms with Crippen molar-refractivity contribution in [3.8, 4) is 12.1 Å². The van der Waals surface area contributed by atoms with E-state index in [4.69, 9.17) is 29.0 Å². The van der Waals surface area contributed by atoms with Crippen molar-refractivity contribution in [2.45, 2.75) is 146 Å². The van der Waals surface area contributed by atoms with Crippen molar-refractivity contribution in [1.29, 1.82) is 10.5 Å². The van der Waals surface area contributed by atoms with Gasteiger partial charge in [0.15, 0.2) is 5.82 Å². The zero-order chi connectivity index (χ0) is 42.0. The van der Waals surface area contributed by atoms with Crippen molar-refractivity contribution in [3.63, 3.8) is 0 Å². The zero-order valence-corrected chi connectivity index (χ0v) is 34.7. The molecule has 1 aromatic carbocycles. The Bertz CT molecular complexity index is 1860. The van der Waals surface area contributed by atoms with Gasteiger partial charge in [-0.05, 0) is 49.2 Å². The smallest absolute Gasteiger partial charge is 0.387 e. The first-order valence-corrected chi connectivity index (χ1v) is 21.9. The molecule has 15 nitrogen and oxygen atoms in total. The lowest BCUT2D eigenvalue weighted by Gasteiger charge is -2.31. The van der Waals surface area contributed by atoms with Crippen molar-refractivity contribution >= 4 is 19.2 Å². The van der Waals surface area contributed by atoms with Gasteiger partial charge < -0.3 is 35.1 Å². The second-order valence-corrected chi connectivity index (χ2v) is 16.8. The largest absolute Gasteiger partial charge is 0.472 e. The highest BCUT2D eigenvalue weighted by molar-refractivity contribution is 7.47. The fourth-order valence-electron chi connectivity index (χ4n) is 6.95. The number of nitrogen functional groups attached to an aromatic ring is 1. The number of nitrogens with zero attached hydrogens (tertiary/aromatic N) is 5. The number of aliphatic hydroxyl groups is 2. The maximum Gasteiger partial charge on any atom is 0.472 e. The first-order valence-electron chi connectivity index (χ1n) is 20.4. The van der Waals surface area contributed by atoms with Crippen LogP contribution in [0.1, 0.15) is 133 Å². The molecule has 0 amide bonds. The standard InChI is InChI=1S/C41H60FN6O9P/c1-3-4-5-6-7-8-9-10-11-12-13-14-15-16-17-20-53-27-40(2,54-25-32-21-31(24-43)22-33(42)23-32)28-55-58(51,52)56-29-41(26-44)38(50)36(49)37(57-41)34-18-19-35-39(45)46-30-47-48(34)35/h18-19,21-23,30,36-38,49-50H,3-17,20,25,27-29H2,1-2H3,(H,51,52)(H2,45,46,47)/t36-,37-,38-,40?,41+/m0/s1. The molecule has 6 atom stereocenters. The van der Waals surface area contributed by atoms with Gasteiger partial charge in [0.1, 0.15) is 54.3 Å². The normalized spacial score (nSPS) is 21.4. The quantitative estimate of drug-likeness (QED) is 0.0414. The zero-order valence-electron chi connectivity index (χ0n) is 33.8. The summed E-state index contributed by atoms with van der Waals surface area (Å²) in [5.41, 5.74) is 3.38. The predicted octanol–water partition coefficient (Wildman–Crippen LogP) is 7.37. The maximum absolute atomic E-state index is 14.2. The molecule has 0 bridgehead atoms. The fourth-order valence-corrected chi connectivity index (χ4v) is 7.82. The Hall–Kier alpha value is -3.54. The van der Waals surface area contributed by atoms with E-state index in [1.165, 1.54) is 99.7 Å². The van der Waals surface area contributed by atoms with Crippen molar-refractivity contribution < 1.29 is 47.3 Å². The summed E-state index contributed by atoms with van der Waals surface area (Å²) >= 11 is 0. The van der Waals surface area contributed by atoms with E-state index in [-0.39, 0.29) is 30.3 Å². The van der Waals surface area contributed by atoms with Crippen LogP contribution in [0.2, 0.25) is 0 Å². The van der Waals surface area contributed by atoms with Crippen LogP contribution in [0.25, 0.3) is 5.52 Å². The van der Waals surface area contributed by atoms with E-state index in [0.29, 0.717) is 17.7 Å². The number of halogens is 1. The van der Waals surface area contributed by atoms with Gasteiger partial charge in [-0.15, -0.1) is 0 Å². The Kier molecular flexibility index (Phi) is 18.9. The molecule has 5 N–H and O–H groups in total. The molecule has 58 heavy (non-hydrogen) atoms. The third kappa shape index (κ3) is 14.0. The van der Waals surface area contributed by atoms with Gasteiger partial charge in [0.2, 0.25) is 5.60 Å². The molecular formula is C41H60FN6O9P. The number of aromatic nitrogens is 3. The van der Waals surface area contributed by atoms with Crippen LogP contribution in [0.15, 0.2) is 36.7 Å². The summed E-state index contributed by atoms with van der Waals surface area (Å²) in [4.78, 5) is 14.6. The van der Waals surface area contributed by atoms with Crippen LogP contribution < -0.4 is 5.73 Å². The Balaban J connectivity index is 1.26. The van der Waals surface area contributed by atoms with Crippen molar-refractivity contribution in [2.24, 2.45) is 0 Å².